The van der Waals surface area contributed by atoms with Crippen molar-refractivity contribution in [1.82, 2.24) is 0 Å². The third-order valence-electron chi connectivity index (χ3n) is 1.98. The molecule has 0 aliphatic carbocycles. The molecule has 0 saturated heterocycles. The van der Waals surface area contributed by atoms with Crippen molar-refractivity contribution in [2.75, 3.05) is 0 Å². The first-order valence-corrected chi connectivity index (χ1v) is 5.18. The van der Waals surface area contributed by atoms with E-state index in [0.717, 1.165) is 0 Å². The Bertz CT molecular complexity index is 382. The van der Waals surface area contributed by atoms with Crippen LogP contribution in [0.4, 0.5) is 0 Å². The Balaban J connectivity index is 2.62. The number of pyridine rings is 1. The van der Waals surface area contributed by atoms with Gasteiger partial charge in [0.1, 0.15) is 0 Å². The maximum Gasteiger partial charge on any atom is 0.372 e. The molecule has 0 bridgehead atoms. The molecule has 0 spiro atoms. The van der Waals surface area contributed by atoms with Gasteiger partial charge in [-0.2, -0.15) is 4.57 Å². The van der Waals surface area contributed by atoms with Gasteiger partial charge in [-0.05, 0) is 20.8 Å². The van der Waals surface area contributed by atoms with Gasteiger partial charge in [-0.15, -0.1) is 0 Å². The van der Waals surface area contributed by atoms with Crippen LogP contribution in [0.25, 0.3) is 0 Å². The van der Waals surface area contributed by atoms with Crippen LogP contribution in [0.15, 0.2) is 24.5 Å². The number of hydrogen-bond acceptors (Lipinski definition) is 3. The van der Waals surface area contributed by atoms with Gasteiger partial charge in [-0.25, -0.2) is 4.79 Å². The van der Waals surface area contributed by atoms with Gasteiger partial charge in [0.15, 0.2) is 18.2 Å². The van der Waals surface area contributed by atoms with E-state index in [2.05, 4.69) is 0 Å². The largest absolute Gasteiger partial charge is 0.458 e. The summed E-state index contributed by atoms with van der Waals surface area (Å²) in [4.78, 5) is 22.4. The zero-order valence-corrected chi connectivity index (χ0v) is 9.77. The highest BCUT2D eigenvalue weighted by atomic mass is 16.5. The van der Waals surface area contributed by atoms with Gasteiger partial charge in [-0.3, -0.25) is 4.79 Å². The Kier molecular flexibility index (Phi) is 4.17. The third kappa shape index (κ3) is 3.81. The highest BCUT2D eigenvalue weighted by molar-refractivity contribution is 5.93. The van der Waals surface area contributed by atoms with E-state index in [1.807, 2.05) is 0 Å². The van der Waals surface area contributed by atoms with Crippen LogP contribution in [0.2, 0.25) is 0 Å². The van der Waals surface area contributed by atoms with Crippen LogP contribution < -0.4 is 4.57 Å². The van der Waals surface area contributed by atoms with Crippen LogP contribution in [0, 0.1) is 0 Å². The number of ether oxygens (including phenoxy) is 1. The molecule has 0 aliphatic rings. The summed E-state index contributed by atoms with van der Waals surface area (Å²) in [6.45, 7) is 5.28. The molecular weight excluding hydrogens is 206 g/mol. The monoisotopic (exact) mass is 222 g/mol. The molecular formula is C12H16NO3+. The summed E-state index contributed by atoms with van der Waals surface area (Å²) >= 11 is 0. The Morgan fingerprint density at radius 2 is 1.88 bits per heavy atom. The molecule has 4 nitrogen and oxygen atoms in total. The first-order valence-electron chi connectivity index (χ1n) is 5.18. The average Bonchev–Trinajstić information content (AvgIpc) is 2.16. The number of aromatic nitrogens is 1. The zero-order chi connectivity index (χ0) is 12.1. The van der Waals surface area contributed by atoms with Crippen LogP contribution in [-0.2, 0) is 16.1 Å². The van der Waals surface area contributed by atoms with Crippen molar-refractivity contribution in [3.63, 3.8) is 0 Å². The van der Waals surface area contributed by atoms with E-state index in [0.29, 0.717) is 5.56 Å². The standard InChI is InChI=1S/C12H16NO3/c1-9(2)16-12(15)8-13-6-4-11(5-7-13)10(3)14/h4-7,9H,8H2,1-3H3/q+1. The van der Waals surface area contributed by atoms with E-state index >= 15 is 0 Å². The van der Waals surface area contributed by atoms with Gasteiger partial charge >= 0.3 is 5.97 Å². The normalized spacial score (nSPS) is 10.2. The number of carbonyl (C=O) groups excluding carboxylic acids is 2. The lowest BCUT2D eigenvalue weighted by Gasteiger charge is -2.05. The molecule has 16 heavy (non-hydrogen) atoms. The van der Waals surface area contributed by atoms with Gasteiger partial charge in [0, 0.05) is 17.7 Å². The molecule has 4 heteroatoms. The van der Waals surface area contributed by atoms with E-state index < -0.39 is 0 Å². The lowest BCUT2D eigenvalue weighted by molar-refractivity contribution is -0.686. The Labute approximate surface area is 94.9 Å². The fraction of sp³-hybridized carbons (Fsp3) is 0.417. The van der Waals surface area contributed by atoms with Gasteiger partial charge in [0.05, 0.1) is 6.10 Å². The zero-order valence-electron chi connectivity index (χ0n) is 9.77. The van der Waals surface area contributed by atoms with Gasteiger partial charge in [-0.1, -0.05) is 0 Å². The number of nitrogens with zero attached hydrogens (tertiary/aromatic N) is 1. The first-order chi connectivity index (χ1) is 7.49. The maximum absolute atomic E-state index is 11.3. The molecule has 1 rings (SSSR count). The van der Waals surface area contributed by atoms with Crippen molar-refractivity contribution in [2.24, 2.45) is 0 Å². The molecule has 0 saturated carbocycles. The maximum atomic E-state index is 11.3. The summed E-state index contributed by atoms with van der Waals surface area (Å²) in [6.07, 6.45) is 3.28. The first kappa shape index (κ1) is 12.4. The lowest BCUT2D eigenvalue weighted by Crippen LogP contribution is -2.38. The fourth-order valence-corrected chi connectivity index (χ4v) is 1.25. The average molecular weight is 222 g/mol. The van der Waals surface area contributed by atoms with Crippen LogP contribution in [0.3, 0.4) is 0 Å². The lowest BCUT2D eigenvalue weighted by atomic mass is 10.2. The molecule has 0 unspecified atom stereocenters. The second kappa shape index (κ2) is 5.39. The second-order valence-electron chi connectivity index (χ2n) is 3.85. The molecule has 86 valence electrons. The summed E-state index contributed by atoms with van der Waals surface area (Å²) < 4.78 is 6.68. The van der Waals surface area contributed by atoms with Crippen molar-refractivity contribution in [3.8, 4) is 0 Å². The quantitative estimate of drug-likeness (QED) is 0.436. The summed E-state index contributed by atoms with van der Waals surface area (Å²) in [5.74, 6) is -0.271. The highest BCUT2D eigenvalue weighted by Crippen LogP contribution is 1.96. The van der Waals surface area contributed by atoms with Gasteiger partial charge in [0.25, 0.3) is 0 Å². The van der Waals surface area contributed by atoms with Gasteiger partial charge < -0.3 is 4.74 Å². The SMILES string of the molecule is CC(=O)c1cc[n+](CC(=O)OC(C)C)cc1. The Hall–Kier alpha value is -1.71. The number of Topliss-reactive ketones (excluding diaryl/α,β-unsaturated/α-hetero) is 1. The van der Waals surface area contributed by atoms with Crippen LogP contribution in [0.5, 0.6) is 0 Å². The molecule has 0 amide bonds. The van der Waals surface area contributed by atoms with Crippen molar-refractivity contribution in [1.29, 1.82) is 0 Å². The number of rotatable bonds is 4. The molecule has 0 aromatic carbocycles. The van der Waals surface area contributed by atoms with E-state index in [1.54, 1.807) is 42.9 Å². The third-order valence-corrected chi connectivity index (χ3v) is 1.98. The second-order valence-corrected chi connectivity index (χ2v) is 3.85. The minimum absolute atomic E-state index is 0.0110. The number of ketones is 1. The Morgan fingerprint density at radius 1 is 1.31 bits per heavy atom. The smallest absolute Gasteiger partial charge is 0.372 e. The number of carbonyl (C=O) groups is 2. The summed E-state index contributed by atoms with van der Waals surface area (Å²) in [6, 6.07) is 3.37. The van der Waals surface area contributed by atoms with E-state index in [4.69, 9.17) is 4.74 Å². The van der Waals surface area contributed by atoms with Crippen LogP contribution in [-0.4, -0.2) is 17.9 Å². The van der Waals surface area contributed by atoms with Crippen molar-refractivity contribution < 1.29 is 18.9 Å². The van der Waals surface area contributed by atoms with Gasteiger partial charge in [0.2, 0.25) is 6.54 Å². The molecule has 0 radical (unpaired) electrons. The number of esters is 1. The Morgan fingerprint density at radius 3 is 2.31 bits per heavy atom. The fourth-order valence-electron chi connectivity index (χ4n) is 1.25. The molecule has 1 aromatic heterocycles. The predicted molar refractivity (Wildman–Crippen MR) is 57.9 cm³/mol. The molecule has 0 N–H and O–H groups in total. The van der Waals surface area contributed by atoms with Crippen LogP contribution >= 0.6 is 0 Å². The van der Waals surface area contributed by atoms with Crippen molar-refractivity contribution in [2.45, 2.75) is 33.4 Å². The van der Waals surface area contributed by atoms with Crippen LogP contribution in [0.1, 0.15) is 31.1 Å². The molecule has 0 aliphatic heterocycles. The summed E-state index contributed by atoms with van der Waals surface area (Å²) in [5.41, 5.74) is 0.633. The van der Waals surface area contributed by atoms with Crippen molar-refractivity contribution in [3.05, 3.63) is 30.1 Å². The highest BCUT2D eigenvalue weighted by Gasteiger charge is 2.12. The van der Waals surface area contributed by atoms with Crippen molar-refractivity contribution >= 4 is 11.8 Å². The summed E-state index contributed by atoms with van der Waals surface area (Å²) in [7, 11) is 0. The minimum atomic E-state index is -0.282. The van der Waals surface area contributed by atoms with E-state index in [9.17, 15) is 9.59 Å². The number of hydrogen-bond donors (Lipinski definition) is 0. The topological polar surface area (TPSA) is 47.2 Å². The molecule has 0 fully saturated rings. The molecule has 0 atom stereocenters. The predicted octanol–water partition coefficient (Wildman–Crippen LogP) is 1.13. The van der Waals surface area contributed by atoms with E-state index in [-0.39, 0.29) is 24.4 Å². The molecule has 1 aromatic rings. The molecule has 1 heterocycles. The van der Waals surface area contributed by atoms with E-state index in [1.165, 1.54) is 6.92 Å². The minimum Gasteiger partial charge on any atom is -0.458 e. The summed E-state index contributed by atoms with van der Waals surface area (Å²) in [5, 5.41) is 0.